The molecule has 0 atom stereocenters. The maximum atomic E-state index is 12.3. The van der Waals surface area contributed by atoms with E-state index >= 15 is 0 Å². The summed E-state index contributed by atoms with van der Waals surface area (Å²) in [5.74, 6) is 1.20. The van der Waals surface area contributed by atoms with Crippen LogP contribution in [0.25, 0.3) is 0 Å². The van der Waals surface area contributed by atoms with Gasteiger partial charge in [0.15, 0.2) is 5.96 Å². The Morgan fingerprint density at radius 2 is 1.72 bits per heavy atom. The quantitative estimate of drug-likeness (QED) is 0.189. The Labute approximate surface area is 210 Å². The molecule has 0 radical (unpaired) electrons. The SMILES string of the molecule is CCNC(=NCc1ccccc1CN1CCOCC1)NCCNC(=O)C1CCCCC1.I. The normalized spacial score (nSPS) is 18.0. The maximum absolute atomic E-state index is 12.3. The molecule has 1 aliphatic carbocycles. The third-order valence-electron chi connectivity index (χ3n) is 6.06. The summed E-state index contributed by atoms with van der Waals surface area (Å²) in [6.07, 6.45) is 5.70. The lowest BCUT2D eigenvalue weighted by molar-refractivity contribution is -0.125. The van der Waals surface area contributed by atoms with Gasteiger partial charge in [0.25, 0.3) is 0 Å². The van der Waals surface area contributed by atoms with E-state index in [9.17, 15) is 4.79 Å². The van der Waals surface area contributed by atoms with Crippen LogP contribution in [0.15, 0.2) is 29.3 Å². The summed E-state index contributed by atoms with van der Waals surface area (Å²) in [4.78, 5) is 19.5. The highest BCUT2D eigenvalue weighted by Gasteiger charge is 2.20. The summed E-state index contributed by atoms with van der Waals surface area (Å²) < 4.78 is 5.46. The Morgan fingerprint density at radius 1 is 1.03 bits per heavy atom. The molecule has 1 amide bonds. The van der Waals surface area contributed by atoms with Crippen molar-refractivity contribution in [1.82, 2.24) is 20.9 Å². The molecule has 0 spiro atoms. The van der Waals surface area contributed by atoms with E-state index in [4.69, 9.17) is 9.73 Å². The van der Waals surface area contributed by atoms with Crippen LogP contribution in [-0.2, 0) is 22.6 Å². The van der Waals surface area contributed by atoms with E-state index in [1.807, 2.05) is 0 Å². The molecule has 1 heterocycles. The standard InChI is InChI=1S/C24H39N5O2.HI/c1-2-25-24(27-13-12-26-23(30)20-8-4-3-5-9-20)28-18-21-10-6-7-11-22(21)19-29-14-16-31-17-15-29;/h6-7,10-11,20H,2-5,8-9,12-19H2,1H3,(H,26,30)(H2,25,27,28);1H. The number of nitrogens with zero attached hydrogens (tertiary/aromatic N) is 2. The molecule has 1 aromatic rings. The molecular weight excluding hydrogens is 517 g/mol. The molecule has 2 aliphatic rings. The average Bonchev–Trinajstić information content (AvgIpc) is 2.82. The van der Waals surface area contributed by atoms with Crippen LogP contribution < -0.4 is 16.0 Å². The number of halogens is 1. The Balaban J connectivity index is 0.00000363. The molecule has 0 bridgehead atoms. The summed E-state index contributed by atoms with van der Waals surface area (Å²) >= 11 is 0. The highest BCUT2D eigenvalue weighted by atomic mass is 127. The molecule has 3 rings (SSSR count). The Morgan fingerprint density at radius 3 is 2.44 bits per heavy atom. The number of amides is 1. The van der Waals surface area contributed by atoms with Crippen LogP contribution in [0, 0.1) is 5.92 Å². The van der Waals surface area contributed by atoms with E-state index in [-0.39, 0.29) is 35.8 Å². The molecule has 1 saturated heterocycles. The minimum absolute atomic E-state index is 0. The molecule has 1 aromatic carbocycles. The number of carbonyl (C=O) groups is 1. The first-order valence-electron chi connectivity index (χ1n) is 11.9. The molecule has 1 aliphatic heterocycles. The number of nitrogens with one attached hydrogen (secondary N) is 3. The van der Waals surface area contributed by atoms with Gasteiger partial charge in [0, 0.05) is 45.2 Å². The molecule has 8 heteroatoms. The monoisotopic (exact) mass is 557 g/mol. The van der Waals surface area contributed by atoms with Crippen molar-refractivity contribution in [3.63, 3.8) is 0 Å². The van der Waals surface area contributed by atoms with Gasteiger partial charge in [0.05, 0.1) is 19.8 Å². The van der Waals surface area contributed by atoms with Gasteiger partial charge in [-0.2, -0.15) is 0 Å². The van der Waals surface area contributed by atoms with Crippen LogP contribution in [0.4, 0.5) is 0 Å². The first kappa shape index (κ1) is 26.9. The van der Waals surface area contributed by atoms with Crippen LogP contribution in [0.2, 0.25) is 0 Å². The van der Waals surface area contributed by atoms with E-state index in [1.54, 1.807) is 0 Å². The third kappa shape index (κ3) is 9.23. The highest BCUT2D eigenvalue weighted by Crippen LogP contribution is 2.23. The van der Waals surface area contributed by atoms with Crippen molar-refractivity contribution < 1.29 is 9.53 Å². The smallest absolute Gasteiger partial charge is 0.223 e. The van der Waals surface area contributed by atoms with Gasteiger partial charge in [-0.3, -0.25) is 9.69 Å². The number of aliphatic imine (C=N–C) groups is 1. The molecule has 2 fully saturated rings. The lowest BCUT2D eigenvalue weighted by Crippen LogP contribution is -2.42. The average molecular weight is 558 g/mol. The molecule has 0 aromatic heterocycles. The minimum atomic E-state index is 0. The van der Waals surface area contributed by atoms with Gasteiger partial charge in [-0.1, -0.05) is 43.5 Å². The highest BCUT2D eigenvalue weighted by molar-refractivity contribution is 14.0. The van der Waals surface area contributed by atoms with Crippen LogP contribution in [0.3, 0.4) is 0 Å². The summed E-state index contributed by atoms with van der Waals surface area (Å²) in [6, 6.07) is 8.53. The lowest BCUT2D eigenvalue weighted by Gasteiger charge is -2.27. The van der Waals surface area contributed by atoms with Crippen LogP contribution >= 0.6 is 24.0 Å². The van der Waals surface area contributed by atoms with E-state index < -0.39 is 0 Å². The van der Waals surface area contributed by atoms with Crippen LogP contribution in [0.1, 0.15) is 50.2 Å². The molecule has 180 valence electrons. The summed E-state index contributed by atoms with van der Waals surface area (Å²) in [7, 11) is 0. The van der Waals surface area contributed by atoms with Crippen molar-refractivity contribution in [2.45, 2.75) is 52.1 Å². The van der Waals surface area contributed by atoms with Crippen molar-refractivity contribution in [3.8, 4) is 0 Å². The Kier molecular flexibility index (Phi) is 13.0. The fraction of sp³-hybridized carbons (Fsp3) is 0.667. The molecule has 3 N–H and O–H groups in total. The van der Waals surface area contributed by atoms with Gasteiger partial charge in [-0.25, -0.2) is 4.99 Å². The van der Waals surface area contributed by atoms with Crippen molar-refractivity contribution >= 4 is 35.8 Å². The molecule has 32 heavy (non-hydrogen) atoms. The second-order valence-electron chi connectivity index (χ2n) is 8.41. The predicted molar refractivity (Wildman–Crippen MR) is 140 cm³/mol. The van der Waals surface area contributed by atoms with Gasteiger partial charge >= 0.3 is 0 Å². The number of carbonyl (C=O) groups excluding carboxylic acids is 1. The van der Waals surface area contributed by atoms with E-state index in [1.165, 1.54) is 30.4 Å². The molecule has 1 saturated carbocycles. The van der Waals surface area contributed by atoms with Crippen molar-refractivity contribution in [2.24, 2.45) is 10.9 Å². The minimum Gasteiger partial charge on any atom is -0.379 e. The number of hydrogen-bond acceptors (Lipinski definition) is 4. The third-order valence-corrected chi connectivity index (χ3v) is 6.06. The van der Waals surface area contributed by atoms with E-state index in [0.717, 1.165) is 58.2 Å². The molecule has 0 unspecified atom stereocenters. The number of benzene rings is 1. The summed E-state index contributed by atoms with van der Waals surface area (Å²) in [5.41, 5.74) is 2.57. The first-order valence-corrected chi connectivity index (χ1v) is 11.9. The van der Waals surface area contributed by atoms with Gasteiger partial charge < -0.3 is 20.7 Å². The Hall–Kier alpha value is -1.39. The van der Waals surface area contributed by atoms with Gasteiger partial charge in [0.2, 0.25) is 5.91 Å². The Bertz CT molecular complexity index is 703. The fourth-order valence-corrected chi connectivity index (χ4v) is 4.25. The number of morpholine rings is 1. The molecule has 7 nitrogen and oxygen atoms in total. The maximum Gasteiger partial charge on any atom is 0.223 e. The number of rotatable bonds is 9. The zero-order chi connectivity index (χ0) is 21.7. The van der Waals surface area contributed by atoms with Crippen molar-refractivity contribution in [3.05, 3.63) is 35.4 Å². The summed E-state index contributed by atoms with van der Waals surface area (Å²) in [6.45, 7) is 9.30. The molecular formula is C24H40IN5O2. The largest absolute Gasteiger partial charge is 0.379 e. The van der Waals surface area contributed by atoms with Gasteiger partial charge in [-0.15, -0.1) is 24.0 Å². The zero-order valence-electron chi connectivity index (χ0n) is 19.4. The van der Waals surface area contributed by atoms with Gasteiger partial charge in [-0.05, 0) is 30.9 Å². The van der Waals surface area contributed by atoms with Crippen molar-refractivity contribution in [1.29, 1.82) is 0 Å². The second-order valence-corrected chi connectivity index (χ2v) is 8.41. The zero-order valence-corrected chi connectivity index (χ0v) is 21.7. The topological polar surface area (TPSA) is 78.0 Å². The van der Waals surface area contributed by atoms with Crippen LogP contribution in [0.5, 0.6) is 0 Å². The van der Waals surface area contributed by atoms with Gasteiger partial charge in [0.1, 0.15) is 0 Å². The lowest BCUT2D eigenvalue weighted by atomic mass is 9.89. The number of ether oxygens (including phenoxy) is 1. The fourth-order valence-electron chi connectivity index (χ4n) is 4.25. The van der Waals surface area contributed by atoms with E-state index in [0.29, 0.717) is 19.6 Å². The van der Waals surface area contributed by atoms with Crippen LogP contribution in [-0.4, -0.2) is 62.7 Å². The number of hydrogen-bond donors (Lipinski definition) is 3. The number of guanidine groups is 1. The van der Waals surface area contributed by atoms with Crippen molar-refractivity contribution in [2.75, 3.05) is 45.9 Å². The predicted octanol–water partition coefficient (Wildman–Crippen LogP) is 2.89. The first-order chi connectivity index (χ1) is 15.3. The van der Waals surface area contributed by atoms with E-state index in [2.05, 4.69) is 52.0 Å². The second kappa shape index (κ2) is 15.4. The summed E-state index contributed by atoms with van der Waals surface area (Å²) in [5, 5.41) is 9.73.